The Morgan fingerprint density at radius 1 is 1.47 bits per heavy atom. The maximum atomic E-state index is 11.5. The van der Waals surface area contributed by atoms with E-state index in [-0.39, 0.29) is 28.6 Å². The average Bonchev–Trinajstić information content (AvgIpc) is 2.20. The average molecular weight is 278 g/mol. The molecule has 0 aromatic heterocycles. The lowest BCUT2D eigenvalue weighted by Crippen LogP contribution is -2.28. The molecule has 1 rings (SSSR count). The molecule has 0 unspecified atom stereocenters. The number of amides is 1. The van der Waals surface area contributed by atoms with E-state index in [0.29, 0.717) is 0 Å². The fraction of sp³-hybridized carbons (Fsp3) is 0.300. The Hall–Kier alpha value is -1.27. The van der Waals surface area contributed by atoms with E-state index in [1.54, 1.807) is 0 Å². The molecule has 0 spiro atoms. The second-order valence-electron chi connectivity index (χ2n) is 3.55. The van der Waals surface area contributed by atoms with E-state index in [1.807, 2.05) is 0 Å². The Morgan fingerprint density at radius 2 is 2.12 bits per heavy atom. The number of halogens is 1. The normalized spacial score (nSPS) is 11.2. The molecule has 17 heavy (non-hydrogen) atoms. The fourth-order valence-electron chi connectivity index (χ4n) is 1.10. The first kappa shape index (κ1) is 13.8. The van der Waals surface area contributed by atoms with Gasteiger partial charge in [0.25, 0.3) is 5.91 Å². The van der Waals surface area contributed by atoms with Gasteiger partial charge >= 0.3 is 0 Å². The van der Waals surface area contributed by atoms with Crippen molar-refractivity contribution in [1.82, 2.24) is 5.32 Å². The first-order valence-electron chi connectivity index (χ1n) is 4.74. The molecule has 94 valence electrons. The zero-order valence-corrected chi connectivity index (χ0v) is 10.7. The van der Waals surface area contributed by atoms with Crippen molar-refractivity contribution < 1.29 is 18.3 Å². The van der Waals surface area contributed by atoms with Gasteiger partial charge < -0.3 is 10.4 Å². The highest BCUT2D eigenvalue weighted by atomic mass is 35.5. The first-order chi connectivity index (χ1) is 7.79. The van der Waals surface area contributed by atoms with Crippen molar-refractivity contribution in [2.75, 3.05) is 18.6 Å². The molecule has 0 aliphatic rings. The molecular weight excluding hydrogens is 266 g/mol. The van der Waals surface area contributed by atoms with Crippen LogP contribution in [0.2, 0.25) is 5.02 Å². The van der Waals surface area contributed by atoms with E-state index in [2.05, 4.69) is 5.32 Å². The van der Waals surface area contributed by atoms with E-state index in [4.69, 9.17) is 16.7 Å². The van der Waals surface area contributed by atoms with Crippen molar-refractivity contribution in [3.8, 4) is 5.75 Å². The van der Waals surface area contributed by atoms with Gasteiger partial charge in [-0.2, -0.15) is 0 Å². The number of nitrogens with one attached hydrogen (secondary N) is 1. The minimum Gasteiger partial charge on any atom is -0.506 e. The number of carbonyl (C=O) groups is 1. The number of carbonyl (C=O) groups excluding carboxylic acids is 1. The van der Waals surface area contributed by atoms with Gasteiger partial charge in [-0.1, -0.05) is 11.6 Å². The van der Waals surface area contributed by atoms with Crippen LogP contribution in [0.4, 0.5) is 0 Å². The van der Waals surface area contributed by atoms with Crippen molar-refractivity contribution in [2.45, 2.75) is 0 Å². The summed E-state index contributed by atoms with van der Waals surface area (Å²) in [6, 6.07) is 4.01. The Balaban J connectivity index is 2.61. The number of hydrogen-bond acceptors (Lipinski definition) is 4. The number of sulfone groups is 1. The third-order valence-electron chi connectivity index (χ3n) is 1.97. The maximum Gasteiger partial charge on any atom is 0.251 e. The summed E-state index contributed by atoms with van der Waals surface area (Å²) < 4.78 is 21.7. The van der Waals surface area contributed by atoms with E-state index < -0.39 is 15.7 Å². The number of hydrogen-bond donors (Lipinski definition) is 2. The number of benzene rings is 1. The molecule has 2 N–H and O–H groups in total. The van der Waals surface area contributed by atoms with E-state index in [1.165, 1.54) is 18.2 Å². The van der Waals surface area contributed by atoms with Gasteiger partial charge in [-0.25, -0.2) is 8.42 Å². The highest BCUT2D eigenvalue weighted by Crippen LogP contribution is 2.23. The molecule has 0 saturated heterocycles. The maximum absolute atomic E-state index is 11.5. The van der Waals surface area contributed by atoms with Crippen molar-refractivity contribution >= 4 is 27.3 Å². The molecular formula is C10H12ClNO4S. The number of rotatable bonds is 4. The molecule has 0 aliphatic carbocycles. The van der Waals surface area contributed by atoms with Crippen molar-refractivity contribution in [1.29, 1.82) is 0 Å². The smallest absolute Gasteiger partial charge is 0.251 e. The van der Waals surface area contributed by atoms with Gasteiger partial charge in [-0.3, -0.25) is 4.79 Å². The van der Waals surface area contributed by atoms with Crippen LogP contribution < -0.4 is 5.32 Å². The molecule has 0 fully saturated rings. The summed E-state index contributed by atoms with van der Waals surface area (Å²) in [4.78, 5) is 11.5. The number of phenolic OH excluding ortho intramolecular Hbond substituents is 1. The lowest BCUT2D eigenvalue weighted by Gasteiger charge is -2.05. The van der Waals surface area contributed by atoms with E-state index in [0.717, 1.165) is 6.26 Å². The number of aromatic hydroxyl groups is 1. The van der Waals surface area contributed by atoms with Crippen molar-refractivity contribution in [2.24, 2.45) is 0 Å². The van der Waals surface area contributed by atoms with Crippen LogP contribution in [0.5, 0.6) is 5.75 Å². The van der Waals surface area contributed by atoms with Gasteiger partial charge in [0, 0.05) is 18.4 Å². The Labute approximate surface area is 104 Å². The molecule has 0 heterocycles. The van der Waals surface area contributed by atoms with Gasteiger partial charge in [-0.05, 0) is 18.2 Å². The zero-order valence-electron chi connectivity index (χ0n) is 9.10. The third kappa shape index (κ3) is 4.62. The minimum atomic E-state index is -3.10. The van der Waals surface area contributed by atoms with Crippen molar-refractivity contribution in [3.63, 3.8) is 0 Å². The lowest BCUT2D eigenvalue weighted by atomic mass is 10.2. The topological polar surface area (TPSA) is 83.5 Å². The molecule has 7 heteroatoms. The predicted molar refractivity (Wildman–Crippen MR) is 65.2 cm³/mol. The highest BCUT2D eigenvalue weighted by Gasteiger charge is 2.09. The Morgan fingerprint density at radius 3 is 2.65 bits per heavy atom. The minimum absolute atomic E-state index is 0.0379. The monoisotopic (exact) mass is 277 g/mol. The van der Waals surface area contributed by atoms with Crippen LogP contribution in [-0.2, 0) is 9.84 Å². The SMILES string of the molecule is CS(=O)(=O)CCNC(=O)c1ccc(O)c(Cl)c1. The molecule has 5 nitrogen and oxygen atoms in total. The molecule has 1 aromatic rings. The van der Waals surface area contributed by atoms with Crippen LogP contribution in [0.1, 0.15) is 10.4 Å². The van der Waals surface area contributed by atoms with Gasteiger partial charge in [-0.15, -0.1) is 0 Å². The summed E-state index contributed by atoms with van der Waals surface area (Å²) in [6.07, 6.45) is 1.09. The molecule has 0 atom stereocenters. The third-order valence-corrected chi connectivity index (χ3v) is 3.22. The zero-order chi connectivity index (χ0) is 13.1. The van der Waals surface area contributed by atoms with Gasteiger partial charge in [0.1, 0.15) is 15.6 Å². The van der Waals surface area contributed by atoms with E-state index in [9.17, 15) is 13.2 Å². The summed E-state index contributed by atoms with van der Waals surface area (Å²) in [7, 11) is -3.10. The first-order valence-corrected chi connectivity index (χ1v) is 7.18. The second-order valence-corrected chi connectivity index (χ2v) is 6.22. The van der Waals surface area contributed by atoms with Crippen LogP contribution >= 0.6 is 11.6 Å². The standard InChI is InChI=1S/C10H12ClNO4S/c1-17(15,16)5-4-12-10(14)7-2-3-9(13)8(11)6-7/h2-3,6,13H,4-5H2,1H3,(H,12,14). The summed E-state index contributed by atoms with van der Waals surface area (Å²) in [5.74, 6) is -0.667. The highest BCUT2D eigenvalue weighted by molar-refractivity contribution is 7.90. The quantitative estimate of drug-likeness (QED) is 0.853. The second kappa shape index (κ2) is 5.37. The summed E-state index contributed by atoms with van der Waals surface area (Å²) in [5.41, 5.74) is 0.265. The van der Waals surface area contributed by atoms with Crippen LogP contribution in [0.3, 0.4) is 0 Å². The Bertz CT molecular complexity index is 527. The fourth-order valence-corrected chi connectivity index (χ4v) is 1.75. The van der Waals surface area contributed by atoms with Crippen LogP contribution in [0.25, 0.3) is 0 Å². The largest absolute Gasteiger partial charge is 0.506 e. The summed E-state index contributed by atoms with van der Waals surface area (Å²) >= 11 is 5.64. The molecule has 0 saturated carbocycles. The van der Waals surface area contributed by atoms with Crippen LogP contribution in [0, 0.1) is 0 Å². The number of phenols is 1. The van der Waals surface area contributed by atoms with Crippen LogP contribution in [0.15, 0.2) is 18.2 Å². The van der Waals surface area contributed by atoms with Crippen molar-refractivity contribution in [3.05, 3.63) is 28.8 Å². The summed E-state index contributed by atoms with van der Waals surface area (Å²) in [5, 5.41) is 11.7. The summed E-state index contributed by atoms with van der Waals surface area (Å²) in [6.45, 7) is 0.0379. The lowest BCUT2D eigenvalue weighted by molar-refractivity contribution is 0.0956. The van der Waals surface area contributed by atoms with Gasteiger partial charge in [0.15, 0.2) is 0 Å². The van der Waals surface area contributed by atoms with Crippen LogP contribution in [-0.4, -0.2) is 38.0 Å². The molecule has 0 aliphatic heterocycles. The molecule has 0 bridgehead atoms. The molecule has 1 aromatic carbocycles. The molecule has 1 amide bonds. The van der Waals surface area contributed by atoms with E-state index >= 15 is 0 Å². The molecule has 0 radical (unpaired) electrons. The van der Waals surface area contributed by atoms with Gasteiger partial charge in [0.2, 0.25) is 0 Å². The predicted octanol–water partition coefficient (Wildman–Crippen LogP) is 0.820. The Kier molecular flexibility index (Phi) is 4.36. The van der Waals surface area contributed by atoms with Gasteiger partial charge in [0.05, 0.1) is 10.8 Å².